The minimum Gasteiger partial charge on any atom is -0.379 e. The number of nitrogens with one attached hydrogen (secondary N) is 2. The van der Waals surface area contributed by atoms with Gasteiger partial charge in [0, 0.05) is 51.5 Å². The maximum absolute atomic E-state index is 13.2. The topological polar surface area (TPSA) is 66.7 Å². The van der Waals surface area contributed by atoms with E-state index < -0.39 is 11.9 Å². The summed E-state index contributed by atoms with van der Waals surface area (Å²) in [5, 5.41) is 9.86. The van der Waals surface area contributed by atoms with E-state index in [0.29, 0.717) is 19.0 Å². The summed E-state index contributed by atoms with van der Waals surface area (Å²) in [4.78, 5) is 6.70. The van der Waals surface area contributed by atoms with Crippen molar-refractivity contribution in [3.8, 4) is 0 Å². The normalized spacial score (nSPS) is 15.8. The molecule has 10 heteroatoms. The zero-order valence-electron chi connectivity index (χ0n) is 17.9. The van der Waals surface area contributed by atoms with Gasteiger partial charge in [0.05, 0.1) is 19.8 Å². The van der Waals surface area contributed by atoms with Crippen LogP contribution in [0.1, 0.15) is 29.3 Å². The lowest BCUT2D eigenvalue weighted by atomic mass is 10.1. The summed E-state index contributed by atoms with van der Waals surface area (Å²) in [7, 11) is 1.47. The highest BCUT2D eigenvalue weighted by molar-refractivity contribution is 5.79. The van der Waals surface area contributed by atoms with Gasteiger partial charge >= 0.3 is 6.18 Å². The predicted octanol–water partition coefficient (Wildman–Crippen LogP) is 2.53. The van der Waals surface area contributed by atoms with Crippen LogP contribution in [0.2, 0.25) is 0 Å². The lowest BCUT2D eigenvalue weighted by Crippen LogP contribution is -2.38. The van der Waals surface area contributed by atoms with Crippen LogP contribution in [0.25, 0.3) is 0 Å². The van der Waals surface area contributed by atoms with Gasteiger partial charge in [0.25, 0.3) is 0 Å². The second-order valence-electron chi connectivity index (χ2n) is 7.38. The first-order valence-corrected chi connectivity index (χ1v) is 10.4. The van der Waals surface area contributed by atoms with Crippen molar-refractivity contribution >= 4 is 5.96 Å². The largest absolute Gasteiger partial charge is 0.435 e. The quantitative estimate of drug-likeness (QED) is 0.514. The standard InChI is InChI=1S/C21H29F3N6O/c1-3-25-20(27-13-18-14-29(2)28-19(18)21(22,23)24)26-12-16-6-4-5-7-17(16)15-30-8-10-31-11-9-30/h4-7,14H,3,8-13,15H2,1-2H3,(H2,25,26,27). The van der Waals surface area contributed by atoms with Gasteiger partial charge in [-0.3, -0.25) is 9.58 Å². The van der Waals surface area contributed by atoms with Gasteiger partial charge in [-0.25, -0.2) is 4.99 Å². The number of benzene rings is 1. The molecule has 3 rings (SSSR count). The van der Waals surface area contributed by atoms with Gasteiger partial charge in [-0.05, 0) is 18.1 Å². The van der Waals surface area contributed by atoms with Gasteiger partial charge in [-0.1, -0.05) is 24.3 Å². The molecular weight excluding hydrogens is 409 g/mol. The second kappa shape index (κ2) is 10.6. The fourth-order valence-corrected chi connectivity index (χ4v) is 3.46. The number of nitrogens with zero attached hydrogens (tertiary/aromatic N) is 4. The van der Waals surface area contributed by atoms with Crippen molar-refractivity contribution in [2.75, 3.05) is 32.8 Å². The van der Waals surface area contributed by atoms with Crippen molar-refractivity contribution in [3.63, 3.8) is 0 Å². The Morgan fingerprint density at radius 2 is 1.84 bits per heavy atom. The summed E-state index contributed by atoms with van der Waals surface area (Å²) in [6.07, 6.45) is -3.15. The van der Waals surface area contributed by atoms with Gasteiger partial charge in [0.1, 0.15) is 0 Å². The van der Waals surface area contributed by atoms with Gasteiger partial charge < -0.3 is 15.4 Å². The fourth-order valence-electron chi connectivity index (χ4n) is 3.46. The van der Waals surface area contributed by atoms with Crippen LogP contribution in [0.15, 0.2) is 35.5 Å². The molecule has 1 saturated heterocycles. The van der Waals surface area contributed by atoms with Crippen LogP contribution in [0.5, 0.6) is 0 Å². The molecule has 1 aromatic heterocycles. The Bertz CT molecular complexity index is 874. The molecule has 7 nitrogen and oxygen atoms in total. The first-order valence-electron chi connectivity index (χ1n) is 10.4. The molecule has 0 bridgehead atoms. The molecule has 2 N–H and O–H groups in total. The molecule has 1 fully saturated rings. The van der Waals surface area contributed by atoms with Crippen molar-refractivity contribution in [1.82, 2.24) is 25.3 Å². The molecule has 0 saturated carbocycles. The molecule has 170 valence electrons. The summed E-state index contributed by atoms with van der Waals surface area (Å²) in [6.45, 7) is 7.03. The second-order valence-corrected chi connectivity index (χ2v) is 7.38. The van der Waals surface area contributed by atoms with Crippen molar-refractivity contribution < 1.29 is 17.9 Å². The van der Waals surface area contributed by atoms with E-state index >= 15 is 0 Å². The van der Waals surface area contributed by atoms with Crippen molar-refractivity contribution in [2.24, 2.45) is 12.0 Å². The Morgan fingerprint density at radius 1 is 1.13 bits per heavy atom. The molecule has 2 heterocycles. The van der Waals surface area contributed by atoms with Crippen molar-refractivity contribution in [1.29, 1.82) is 0 Å². The monoisotopic (exact) mass is 438 g/mol. The Labute approximate surface area is 180 Å². The maximum Gasteiger partial charge on any atom is 0.435 e. The lowest BCUT2D eigenvalue weighted by Gasteiger charge is -2.27. The number of rotatable bonds is 7. The third-order valence-electron chi connectivity index (χ3n) is 4.99. The van der Waals surface area contributed by atoms with Gasteiger partial charge in [0.15, 0.2) is 11.7 Å². The molecular formula is C21H29F3N6O. The number of aliphatic imine (C=N–C) groups is 1. The summed E-state index contributed by atoms with van der Waals surface area (Å²) in [6, 6.07) is 8.14. The highest BCUT2D eigenvalue weighted by atomic mass is 19.4. The van der Waals surface area contributed by atoms with Gasteiger partial charge in [-0.2, -0.15) is 18.3 Å². The molecule has 1 aliphatic rings. The third-order valence-corrected chi connectivity index (χ3v) is 4.99. The SMILES string of the molecule is CCNC(=NCc1cn(C)nc1C(F)(F)F)NCc1ccccc1CN1CCOCC1. The number of guanidine groups is 1. The molecule has 0 aliphatic carbocycles. The average Bonchev–Trinajstić information content (AvgIpc) is 3.13. The molecule has 1 aromatic carbocycles. The molecule has 0 amide bonds. The van der Waals surface area contributed by atoms with Gasteiger partial charge in [0.2, 0.25) is 0 Å². The third kappa shape index (κ3) is 6.70. The first-order chi connectivity index (χ1) is 14.9. The Hall–Kier alpha value is -2.59. The zero-order valence-corrected chi connectivity index (χ0v) is 17.9. The van der Waals surface area contributed by atoms with Crippen LogP contribution in [0, 0.1) is 0 Å². The number of aryl methyl sites for hydroxylation is 1. The summed E-state index contributed by atoms with van der Waals surface area (Å²) in [5.74, 6) is 0.459. The minimum absolute atomic E-state index is 0.0416. The van der Waals surface area contributed by atoms with E-state index in [1.54, 1.807) is 0 Å². The van der Waals surface area contributed by atoms with Gasteiger partial charge in [-0.15, -0.1) is 0 Å². The number of halogens is 3. The maximum atomic E-state index is 13.2. The van der Waals surface area contributed by atoms with E-state index in [9.17, 15) is 13.2 Å². The Balaban J connectivity index is 1.67. The number of hydrogen-bond donors (Lipinski definition) is 2. The van der Waals surface area contributed by atoms with Crippen LogP contribution in [0.4, 0.5) is 13.2 Å². The highest BCUT2D eigenvalue weighted by Crippen LogP contribution is 2.30. The van der Waals surface area contributed by atoms with Crippen LogP contribution in [0.3, 0.4) is 0 Å². The predicted molar refractivity (Wildman–Crippen MR) is 112 cm³/mol. The molecule has 0 unspecified atom stereocenters. The summed E-state index contributed by atoms with van der Waals surface area (Å²) < 4.78 is 46.1. The van der Waals surface area contributed by atoms with Crippen LogP contribution in [-0.2, 0) is 37.6 Å². The fraction of sp³-hybridized carbons (Fsp3) is 0.524. The van der Waals surface area contributed by atoms with E-state index in [1.165, 1.54) is 18.8 Å². The van der Waals surface area contributed by atoms with Crippen LogP contribution < -0.4 is 10.6 Å². The van der Waals surface area contributed by atoms with Crippen molar-refractivity contribution in [2.45, 2.75) is 32.7 Å². The zero-order chi connectivity index (χ0) is 22.3. The lowest BCUT2D eigenvalue weighted by molar-refractivity contribution is -0.142. The average molecular weight is 438 g/mol. The molecule has 1 aliphatic heterocycles. The number of ether oxygens (including phenoxy) is 1. The minimum atomic E-state index is -4.50. The van der Waals surface area contributed by atoms with Crippen LogP contribution >= 0.6 is 0 Å². The number of alkyl halides is 3. The smallest absolute Gasteiger partial charge is 0.379 e. The van der Waals surface area contributed by atoms with Crippen LogP contribution in [-0.4, -0.2) is 53.5 Å². The highest BCUT2D eigenvalue weighted by Gasteiger charge is 2.36. The number of hydrogen-bond acceptors (Lipinski definition) is 4. The molecule has 31 heavy (non-hydrogen) atoms. The first kappa shape index (κ1) is 23.1. The molecule has 0 radical (unpaired) electrons. The number of aromatic nitrogens is 2. The molecule has 0 atom stereocenters. The molecule has 2 aromatic rings. The van der Waals surface area contributed by atoms with E-state index in [4.69, 9.17) is 4.74 Å². The van der Waals surface area contributed by atoms with Crippen molar-refractivity contribution in [3.05, 3.63) is 52.8 Å². The molecule has 0 spiro atoms. The van der Waals surface area contributed by atoms with E-state index in [2.05, 4.69) is 37.8 Å². The Morgan fingerprint density at radius 3 is 2.52 bits per heavy atom. The summed E-state index contributed by atoms with van der Waals surface area (Å²) >= 11 is 0. The van der Waals surface area contributed by atoms with E-state index in [1.807, 2.05) is 19.1 Å². The van der Waals surface area contributed by atoms with E-state index in [-0.39, 0.29) is 12.1 Å². The summed E-state index contributed by atoms with van der Waals surface area (Å²) in [5.41, 5.74) is 1.47. The van der Waals surface area contributed by atoms with E-state index in [0.717, 1.165) is 43.1 Å². The number of morpholine rings is 1. The Kier molecular flexibility index (Phi) is 7.91.